The Kier molecular flexibility index (Phi) is 4.11. The molecule has 2 N–H and O–H groups in total. The maximum absolute atomic E-state index is 12.0. The highest BCUT2D eigenvalue weighted by Crippen LogP contribution is 2.24. The number of anilines is 1. The molecule has 4 nitrogen and oxygen atoms in total. The summed E-state index contributed by atoms with van der Waals surface area (Å²) in [6, 6.07) is 6.13. The van der Waals surface area contributed by atoms with Gasteiger partial charge in [0.1, 0.15) is 0 Å². The first-order valence-electron chi connectivity index (χ1n) is 5.79. The second-order valence-electron chi connectivity index (χ2n) is 4.30. The Bertz CT molecular complexity index is 674. The number of nitrogens with one attached hydrogen (secondary N) is 1. The van der Waals surface area contributed by atoms with Gasteiger partial charge in [0, 0.05) is 10.6 Å². The molecule has 0 atom stereocenters. The molecule has 1 heterocycles. The van der Waals surface area contributed by atoms with Gasteiger partial charge in [0.15, 0.2) is 0 Å². The Labute approximate surface area is 125 Å². The third kappa shape index (κ3) is 3.00. The normalized spacial score (nSPS) is 10.3. The van der Waals surface area contributed by atoms with Gasteiger partial charge in [-0.15, -0.1) is 11.3 Å². The van der Waals surface area contributed by atoms with Gasteiger partial charge in [-0.3, -0.25) is 4.79 Å². The molecular formula is C14H12ClNO3S. The molecule has 20 heavy (non-hydrogen) atoms. The molecule has 0 radical (unpaired) electrons. The zero-order valence-electron chi connectivity index (χ0n) is 10.9. The fourth-order valence-electron chi connectivity index (χ4n) is 1.64. The van der Waals surface area contributed by atoms with Crippen LogP contribution in [0.5, 0.6) is 0 Å². The molecule has 0 bridgehead atoms. The third-order valence-corrected chi connectivity index (χ3v) is 4.31. The number of hydrogen-bond donors (Lipinski definition) is 2. The smallest absolute Gasteiger partial charge is 0.337 e. The van der Waals surface area contributed by atoms with Crippen LogP contribution < -0.4 is 5.32 Å². The third-order valence-electron chi connectivity index (χ3n) is 2.85. The Balaban J connectivity index is 2.20. The quantitative estimate of drug-likeness (QED) is 0.901. The highest BCUT2D eigenvalue weighted by Gasteiger charge is 2.13. The molecule has 1 aromatic carbocycles. The molecule has 0 aliphatic heterocycles. The number of carboxylic acid groups (broad SMARTS) is 1. The first kappa shape index (κ1) is 14.6. The molecule has 0 unspecified atom stereocenters. The number of aromatic carboxylic acids is 1. The Morgan fingerprint density at radius 1 is 1.25 bits per heavy atom. The number of halogens is 1. The number of carbonyl (C=O) groups excluding carboxylic acids is 1. The zero-order chi connectivity index (χ0) is 14.9. The van der Waals surface area contributed by atoms with E-state index in [0.717, 1.165) is 10.4 Å². The minimum Gasteiger partial charge on any atom is -0.478 e. The topological polar surface area (TPSA) is 66.4 Å². The predicted molar refractivity (Wildman–Crippen MR) is 80.2 cm³/mol. The molecule has 0 spiro atoms. The SMILES string of the molecule is Cc1cc(C(=O)Nc2ccc(C(=O)O)c(Cl)c2)sc1C. The van der Waals surface area contributed by atoms with E-state index in [1.165, 1.54) is 29.5 Å². The fourth-order valence-corrected chi connectivity index (χ4v) is 2.83. The van der Waals surface area contributed by atoms with Crippen LogP contribution in [0.1, 0.15) is 30.5 Å². The van der Waals surface area contributed by atoms with Crippen molar-refractivity contribution < 1.29 is 14.7 Å². The molecule has 6 heteroatoms. The fraction of sp³-hybridized carbons (Fsp3) is 0.143. The minimum atomic E-state index is -1.10. The summed E-state index contributed by atoms with van der Waals surface area (Å²) in [5.74, 6) is -1.33. The van der Waals surface area contributed by atoms with Gasteiger partial charge in [0.2, 0.25) is 0 Å². The van der Waals surface area contributed by atoms with E-state index in [4.69, 9.17) is 16.7 Å². The Morgan fingerprint density at radius 3 is 2.45 bits per heavy atom. The molecule has 0 saturated carbocycles. The summed E-state index contributed by atoms with van der Waals surface area (Å²) in [4.78, 5) is 24.6. The molecule has 1 amide bonds. The highest BCUT2D eigenvalue weighted by atomic mass is 35.5. The summed E-state index contributed by atoms with van der Waals surface area (Å²) < 4.78 is 0. The summed E-state index contributed by atoms with van der Waals surface area (Å²) in [6.07, 6.45) is 0. The Morgan fingerprint density at radius 2 is 1.95 bits per heavy atom. The lowest BCUT2D eigenvalue weighted by Gasteiger charge is -2.05. The number of aryl methyl sites for hydroxylation is 2. The number of rotatable bonds is 3. The van der Waals surface area contributed by atoms with Crippen LogP contribution in [0.2, 0.25) is 5.02 Å². The van der Waals surface area contributed by atoms with Crippen molar-refractivity contribution in [2.45, 2.75) is 13.8 Å². The zero-order valence-corrected chi connectivity index (χ0v) is 12.4. The lowest BCUT2D eigenvalue weighted by Crippen LogP contribution is -2.10. The Hall–Kier alpha value is -1.85. The van der Waals surface area contributed by atoms with E-state index in [1.54, 1.807) is 0 Å². The summed E-state index contributed by atoms with van der Waals surface area (Å²) in [5, 5.41) is 11.7. The van der Waals surface area contributed by atoms with E-state index in [0.29, 0.717) is 10.6 Å². The standard InChI is InChI=1S/C14H12ClNO3S/c1-7-5-12(20-8(7)2)13(17)16-9-3-4-10(14(18)19)11(15)6-9/h3-6H,1-2H3,(H,16,17)(H,18,19). The lowest BCUT2D eigenvalue weighted by atomic mass is 10.2. The van der Waals surface area contributed by atoms with E-state index in [1.807, 2.05) is 19.9 Å². The van der Waals surface area contributed by atoms with Crippen LogP contribution in [0.15, 0.2) is 24.3 Å². The molecule has 2 aromatic rings. The summed E-state index contributed by atoms with van der Waals surface area (Å²) in [7, 11) is 0. The van der Waals surface area contributed by atoms with E-state index in [-0.39, 0.29) is 16.5 Å². The molecular weight excluding hydrogens is 298 g/mol. The molecule has 0 saturated heterocycles. The number of amides is 1. The van der Waals surface area contributed by atoms with Gasteiger partial charge in [-0.2, -0.15) is 0 Å². The monoisotopic (exact) mass is 309 g/mol. The van der Waals surface area contributed by atoms with E-state index < -0.39 is 5.97 Å². The number of hydrogen-bond acceptors (Lipinski definition) is 3. The van der Waals surface area contributed by atoms with Crippen molar-refractivity contribution in [3.8, 4) is 0 Å². The van der Waals surface area contributed by atoms with Crippen LogP contribution in [0.3, 0.4) is 0 Å². The maximum Gasteiger partial charge on any atom is 0.337 e. The van der Waals surface area contributed by atoms with Crippen molar-refractivity contribution >= 4 is 40.5 Å². The minimum absolute atomic E-state index is 0.00692. The van der Waals surface area contributed by atoms with Gasteiger partial charge < -0.3 is 10.4 Å². The lowest BCUT2D eigenvalue weighted by molar-refractivity contribution is 0.0697. The number of thiophene rings is 1. The van der Waals surface area contributed by atoms with Crippen LogP contribution in [-0.2, 0) is 0 Å². The van der Waals surface area contributed by atoms with Crippen LogP contribution in [0, 0.1) is 13.8 Å². The van der Waals surface area contributed by atoms with E-state index >= 15 is 0 Å². The maximum atomic E-state index is 12.0. The van der Waals surface area contributed by atoms with Gasteiger partial charge in [-0.1, -0.05) is 11.6 Å². The van der Waals surface area contributed by atoms with Gasteiger partial charge in [0.25, 0.3) is 5.91 Å². The van der Waals surface area contributed by atoms with Gasteiger partial charge in [-0.25, -0.2) is 4.79 Å². The largest absolute Gasteiger partial charge is 0.478 e. The predicted octanol–water partition coefficient (Wildman–Crippen LogP) is 3.97. The summed E-state index contributed by atoms with van der Waals surface area (Å²) in [5.41, 5.74) is 1.54. The molecule has 1 aromatic heterocycles. The van der Waals surface area contributed by atoms with Gasteiger partial charge in [0.05, 0.1) is 15.5 Å². The van der Waals surface area contributed by atoms with E-state index in [9.17, 15) is 9.59 Å². The van der Waals surface area contributed by atoms with Crippen molar-refractivity contribution in [3.63, 3.8) is 0 Å². The van der Waals surface area contributed by atoms with Crippen molar-refractivity contribution in [3.05, 3.63) is 50.2 Å². The highest BCUT2D eigenvalue weighted by molar-refractivity contribution is 7.14. The molecule has 0 aliphatic rings. The number of benzene rings is 1. The van der Waals surface area contributed by atoms with Crippen molar-refractivity contribution in [1.82, 2.24) is 0 Å². The molecule has 0 aliphatic carbocycles. The average Bonchev–Trinajstić information content (AvgIpc) is 2.69. The first-order valence-corrected chi connectivity index (χ1v) is 6.99. The van der Waals surface area contributed by atoms with E-state index in [2.05, 4.69) is 5.32 Å². The average molecular weight is 310 g/mol. The number of carbonyl (C=O) groups is 2. The second-order valence-corrected chi connectivity index (χ2v) is 5.97. The van der Waals surface area contributed by atoms with Crippen molar-refractivity contribution in [2.24, 2.45) is 0 Å². The van der Waals surface area contributed by atoms with Crippen LogP contribution >= 0.6 is 22.9 Å². The number of carboxylic acids is 1. The van der Waals surface area contributed by atoms with Crippen LogP contribution in [0.25, 0.3) is 0 Å². The molecule has 0 fully saturated rings. The van der Waals surface area contributed by atoms with Crippen LogP contribution in [0.4, 0.5) is 5.69 Å². The van der Waals surface area contributed by atoms with Crippen molar-refractivity contribution in [1.29, 1.82) is 0 Å². The summed E-state index contributed by atoms with van der Waals surface area (Å²) in [6.45, 7) is 3.90. The van der Waals surface area contributed by atoms with Gasteiger partial charge in [-0.05, 0) is 43.7 Å². The van der Waals surface area contributed by atoms with Crippen LogP contribution in [-0.4, -0.2) is 17.0 Å². The summed E-state index contributed by atoms with van der Waals surface area (Å²) >= 11 is 7.27. The first-order chi connectivity index (χ1) is 9.38. The van der Waals surface area contributed by atoms with Gasteiger partial charge >= 0.3 is 5.97 Å². The molecule has 2 rings (SSSR count). The van der Waals surface area contributed by atoms with Crippen molar-refractivity contribution in [2.75, 3.05) is 5.32 Å². The second kappa shape index (κ2) is 5.64. The molecule has 104 valence electrons.